The molecule has 26 heavy (non-hydrogen) atoms. The fraction of sp³-hybridized carbons (Fsp3) is 0.222. The monoisotopic (exact) mass is 387 g/mol. The minimum atomic E-state index is 0.0000657. The van der Waals surface area contributed by atoms with Crippen molar-refractivity contribution in [2.24, 2.45) is 0 Å². The summed E-state index contributed by atoms with van der Waals surface area (Å²) < 4.78 is 1.71. The quantitative estimate of drug-likeness (QED) is 0.600. The van der Waals surface area contributed by atoms with E-state index in [2.05, 4.69) is 20.8 Å². The Morgan fingerprint density at radius 2 is 1.88 bits per heavy atom. The van der Waals surface area contributed by atoms with Crippen LogP contribution >= 0.6 is 23.4 Å². The summed E-state index contributed by atoms with van der Waals surface area (Å²) >= 11 is 7.70. The second-order valence-corrected chi connectivity index (χ2v) is 7.03. The highest BCUT2D eigenvalue weighted by Crippen LogP contribution is 2.15. The van der Waals surface area contributed by atoms with Crippen molar-refractivity contribution in [1.29, 1.82) is 0 Å². The number of amides is 1. The molecule has 1 amide bonds. The number of benzene rings is 2. The number of hydrogen-bond donors (Lipinski definition) is 1. The first-order valence-corrected chi connectivity index (χ1v) is 9.68. The van der Waals surface area contributed by atoms with Gasteiger partial charge in [0.15, 0.2) is 5.82 Å². The summed E-state index contributed by atoms with van der Waals surface area (Å²) in [6, 6.07) is 17.2. The van der Waals surface area contributed by atoms with Gasteiger partial charge in [-0.15, -0.1) is 5.10 Å². The fourth-order valence-corrected chi connectivity index (χ4v) is 3.36. The molecule has 3 rings (SSSR count). The lowest BCUT2D eigenvalue weighted by Crippen LogP contribution is -2.23. The molecule has 0 spiro atoms. The van der Waals surface area contributed by atoms with Crippen LogP contribution < -0.4 is 5.32 Å². The Labute approximate surface area is 160 Å². The first-order valence-electron chi connectivity index (χ1n) is 8.14. The van der Waals surface area contributed by atoms with E-state index in [1.807, 2.05) is 54.6 Å². The molecule has 0 atom stereocenters. The van der Waals surface area contributed by atoms with Gasteiger partial charge in [-0.05, 0) is 34.2 Å². The molecular formula is C18H18ClN5OS. The van der Waals surface area contributed by atoms with Gasteiger partial charge in [0.05, 0.1) is 11.4 Å². The largest absolute Gasteiger partial charge is 0.352 e. The van der Waals surface area contributed by atoms with Crippen molar-refractivity contribution in [3.05, 3.63) is 71.0 Å². The van der Waals surface area contributed by atoms with Gasteiger partial charge in [-0.3, -0.25) is 4.79 Å². The van der Waals surface area contributed by atoms with Crippen molar-refractivity contribution < 1.29 is 4.79 Å². The van der Waals surface area contributed by atoms with Crippen molar-refractivity contribution in [2.75, 3.05) is 5.75 Å². The summed E-state index contributed by atoms with van der Waals surface area (Å²) in [6.07, 6.45) is 0.433. The molecule has 134 valence electrons. The fourth-order valence-electron chi connectivity index (χ4n) is 2.32. The number of aromatic nitrogens is 4. The van der Waals surface area contributed by atoms with Crippen molar-refractivity contribution in [3.63, 3.8) is 0 Å². The summed E-state index contributed by atoms with van der Waals surface area (Å²) in [7, 11) is 0. The predicted octanol–water partition coefficient (Wildman–Crippen LogP) is 3.26. The van der Waals surface area contributed by atoms with Gasteiger partial charge in [-0.25, -0.2) is 0 Å². The topological polar surface area (TPSA) is 72.7 Å². The molecular weight excluding hydrogens is 370 g/mol. The van der Waals surface area contributed by atoms with Crippen LogP contribution in [0.5, 0.6) is 0 Å². The normalized spacial score (nSPS) is 10.7. The third kappa shape index (κ3) is 5.06. The minimum Gasteiger partial charge on any atom is -0.352 e. The standard InChI is InChI=1S/C18H18ClN5OS/c19-16-9-5-4-6-14(16)12-20-18(25)10-11-26-13-17-21-22-23-24(17)15-7-2-1-3-8-15/h1-9H,10-13H2,(H,20,25). The first kappa shape index (κ1) is 18.4. The van der Waals surface area contributed by atoms with E-state index >= 15 is 0 Å². The molecule has 0 saturated heterocycles. The zero-order valence-corrected chi connectivity index (χ0v) is 15.6. The predicted molar refractivity (Wildman–Crippen MR) is 103 cm³/mol. The number of tetrazole rings is 1. The van der Waals surface area contributed by atoms with E-state index in [1.54, 1.807) is 16.4 Å². The summed E-state index contributed by atoms with van der Waals surface area (Å²) in [5.74, 6) is 2.09. The lowest BCUT2D eigenvalue weighted by Gasteiger charge is -2.07. The van der Waals surface area contributed by atoms with E-state index in [9.17, 15) is 4.79 Å². The average molecular weight is 388 g/mol. The number of nitrogens with one attached hydrogen (secondary N) is 1. The Kier molecular flexibility index (Phi) is 6.62. The molecule has 0 fully saturated rings. The Morgan fingerprint density at radius 1 is 1.12 bits per heavy atom. The van der Waals surface area contributed by atoms with Crippen molar-refractivity contribution in [3.8, 4) is 5.69 Å². The number of thioether (sulfide) groups is 1. The summed E-state index contributed by atoms with van der Waals surface area (Å²) in [5.41, 5.74) is 1.84. The van der Waals surface area contributed by atoms with Crippen LogP contribution in [0.15, 0.2) is 54.6 Å². The molecule has 6 nitrogen and oxygen atoms in total. The van der Waals surface area contributed by atoms with Crippen LogP contribution in [0.1, 0.15) is 17.8 Å². The van der Waals surface area contributed by atoms with E-state index in [0.717, 1.165) is 17.1 Å². The van der Waals surface area contributed by atoms with E-state index < -0.39 is 0 Å². The van der Waals surface area contributed by atoms with Gasteiger partial charge in [0.2, 0.25) is 5.91 Å². The SMILES string of the molecule is O=C(CCSCc1nnnn1-c1ccccc1)NCc1ccccc1Cl. The van der Waals surface area contributed by atoms with Crippen LogP contribution in [0.25, 0.3) is 5.69 Å². The average Bonchev–Trinajstić information content (AvgIpc) is 3.14. The van der Waals surface area contributed by atoms with Crippen LogP contribution in [0.2, 0.25) is 5.02 Å². The maximum atomic E-state index is 12.0. The molecule has 0 aliphatic rings. The molecule has 1 heterocycles. The molecule has 0 bridgehead atoms. The van der Waals surface area contributed by atoms with E-state index in [-0.39, 0.29) is 5.91 Å². The van der Waals surface area contributed by atoms with Crippen molar-refractivity contribution >= 4 is 29.3 Å². The highest BCUT2D eigenvalue weighted by Gasteiger charge is 2.09. The first-order chi connectivity index (χ1) is 12.7. The Bertz CT molecular complexity index is 856. The van der Waals surface area contributed by atoms with Gasteiger partial charge >= 0.3 is 0 Å². The van der Waals surface area contributed by atoms with Gasteiger partial charge < -0.3 is 5.32 Å². The highest BCUT2D eigenvalue weighted by molar-refractivity contribution is 7.98. The maximum absolute atomic E-state index is 12.0. The molecule has 3 aromatic rings. The van der Waals surface area contributed by atoms with Crippen LogP contribution in [0.4, 0.5) is 0 Å². The third-order valence-corrected chi connectivity index (χ3v) is 5.00. The van der Waals surface area contributed by atoms with Gasteiger partial charge in [0.1, 0.15) is 0 Å². The second kappa shape index (κ2) is 9.35. The number of rotatable bonds is 8. The summed E-state index contributed by atoms with van der Waals surface area (Å²) in [4.78, 5) is 12.0. The number of halogens is 1. The zero-order valence-electron chi connectivity index (χ0n) is 14.0. The molecule has 0 saturated carbocycles. The van der Waals surface area contributed by atoms with Crippen LogP contribution in [0.3, 0.4) is 0 Å². The molecule has 1 aromatic heterocycles. The number of para-hydroxylation sites is 1. The number of carbonyl (C=O) groups is 1. The smallest absolute Gasteiger partial charge is 0.221 e. The minimum absolute atomic E-state index is 0.0000657. The second-order valence-electron chi connectivity index (χ2n) is 5.51. The molecule has 0 unspecified atom stereocenters. The number of carbonyl (C=O) groups excluding carboxylic acids is 1. The van der Waals surface area contributed by atoms with Crippen LogP contribution in [-0.2, 0) is 17.1 Å². The third-order valence-electron chi connectivity index (χ3n) is 3.67. The Morgan fingerprint density at radius 3 is 2.69 bits per heavy atom. The Balaban J connectivity index is 1.41. The summed E-state index contributed by atoms with van der Waals surface area (Å²) in [5, 5.41) is 15.4. The number of hydrogen-bond acceptors (Lipinski definition) is 5. The van der Waals surface area contributed by atoms with E-state index in [0.29, 0.717) is 29.5 Å². The van der Waals surface area contributed by atoms with Gasteiger partial charge in [0.25, 0.3) is 0 Å². The molecule has 1 N–H and O–H groups in total. The highest BCUT2D eigenvalue weighted by atomic mass is 35.5. The van der Waals surface area contributed by atoms with E-state index in [1.165, 1.54) is 0 Å². The Hall–Kier alpha value is -2.38. The van der Waals surface area contributed by atoms with Gasteiger partial charge in [-0.1, -0.05) is 48.0 Å². The number of nitrogens with zero attached hydrogens (tertiary/aromatic N) is 4. The van der Waals surface area contributed by atoms with Gasteiger partial charge in [0, 0.05) is 23.7 Å². The van der Waals surface area contributed by atoms with Gasteiger partial charge in [-0.2, -0.15) is 16.4 Å². The van der Waals surface area contributed by atoms with Crippen LogP contribution in [0, 0.1) is 0 Å². The van der Waals surface area contributed by atoms with Crippen LogP contribution in [-0.4, -0.2) is 31.9 Å². The zero-order chi connectivity index (χ0) is 18.2. The van der Waals surface area contributed by atoms with Crippen molar-refractivity contribution in [1.82, 2.24) is 25.5 Å². The van der Waals surface area contributed by atoms with Crippen molar-refractivity contribution in [2.45, 2.75) is 18.7 Å². The molecule has 0 radical (unpaired) electrons. The molecule has 0 aliphatic carbocycles. The van der Waals surface area contributed by atoms with E-state index in [4.69, 9.17) is 11.6 Å². The lowest BCUT2D eigenvalue weighted by atomic mass is 10.2. The summed E-state index contributed by atoms with van der Waals surface area (Å²) in [6.45, 7) is 0.440. The maximum Gasteiger partial charge on any atom is 0.221 e. The molecule has 2 aromatic carbocycles. The lowest BCUT2D eigenvalue weighted by molar-refractivity contribution is -0.120. The molecule has 0 aliphatic heterocycles. The molecule has 8 heteroatoms.